The van der Waals surface area contributed by atoms with E-state index in [0.29, 0.717) is 31.6 Å². The molecule has 9 heteroatoms. The van der Waals surface area contributed by atoms with E-state index in [4.69, 9.17) is 16.6 Å². The highest BCUT2D eigenvalue weighted by molar-refractivity contribution is 6.31. The maximum absolute atomic E-state index is 13.5. The van der Waals surface area contributed by atoms with Crippen LogP contribution in [0.1, 0.15) is 44.6 Å². The summed E-state index contributed by atoms with van der Waals surface area (Å²) in [6.45, 7) is 5.78. The molecule has 2 fully saturated rings. The minimum Gasteiger partial charge on any atom is -0.337 e. The molecule has 2 saturated heterocycles. The standard InChI is InChI=1S/C28H30ClN7O/c1-19-8-9-21(10-24(19)29)11-25-31-26(33-32-25)23-15-35(18-28(23)16-34(2)17-28)27(37)22-12-30-36(14-22)13-20-6-4-3-5-7-20/h3-10,12,14,23H,11,13,15-18H2,1-2H3,(H,31,32,33). The normalized spacial score (nSPS) is 18.9. The Bertz CT molecular complexity index is 1420. The predicted molar refractivity (Wildman–Crippen MR) is 142 cm³/mol. The van der Waals surface area contributed by atoms with Crippen molar-refractivity contribution in [2.75, 3.05) is 33.2 Å². The van der Waals surface area contributed by atoms with Gasteiger partial charge in [-0.15, -0.1) is 0 Å². The first-order valence-electron chi connectivity index (χ1n) is 12.6. The number of H-pyrrole nitrogens is 1. The highest BCUT2D eigenvalue weighted by Crippen LogP contribution is 2.48. The number of amides is 1. The third-order valence-corrected chi connectivity index (χ3v) is 8.05. The van der Waals surface area contributed by atoms with Crippen LogP contribution in [-0.2, 0) is 13.0 Å². The third kappa shape index (κ3) is 4.67. The predicted octanol–water partition coefficient (Wildman–Crippen LogP) is 3.77. The zero-order valence-corrected chi connectivity index (χ0v) is 21.8. The zero-order valence-electron chi connectivity index (χ0n) is 21.1. The van der Waals surface area contributed by atoms with E-state index >= 15 is 0 Å². The lowest BCUT2D eigenvalue weighted by Crippen LogP contribution is -2.58. The van der Waals surface area contributed by atoms with Gasteiger partial charge in [-0.2, -0.15) is 10.2 Å². The number of benzene rings is 2. The Morgan fingerprint density at radius 3 is 2.70 bits per heavy atom. The molecule has 0 bridgehead atoms. The van der Waals surface area contributed by atoms with Crippen LogP contribution < -0.4 is 0 Å². The summed E-state index contributed by atoms with van der Waals surface area (Å²) in [5, 5.41) is 12.9. The Morgan fingerprint density at radius 1 is 1.14 bits per heavy atom. The number of carbonyl (C=O) groups excluding carboxylic acids is 1. The number of aryl methyl sites for hydroxylation is 1. The summed E-state index contributed by atoms with van der Waals surface area (Å²) in [7, 11) is 2.12. The molecule has 1 spiro atoms. The Kier molecular flexibility index (Phi) is 6.09. The van der Waals surface area contributed by atoms with Crippen molar-refractivity contribution >= 4 is 17.5 Å². The molecule has 0 radical (unpaired) electrons. The summed E-state index contributed by atoms with van der Waals surface area (Å²) in [5.74, 6) is 1.69. The second kappa shape index (κ2) is 9.43. The number of aromatic nitrogens is 5. The van der Waals surface area contributed by atoms with Crippen molar-refractivity contribution in [1.29, 1.82) is 0 Å². The molecule has 2 aliphatic rings. The first-order chi connectivity index (χ1) is 17.9. The van der Waals surface area contributed by atoms with Crippen molar-refractivity contribution in [2.24, 2.45) is 5.41 Å². The van der Waals surface area contributed by atoms with Gasteiger partial charge in [-0.1, -0.05) is 54.1 Å². The molecule has 0 saturated carbocycles. The molecule has 0 aliphatic carbocycles. The van der Waals surface area contributed by atoms with E-state index in [1.165, 1.54) is 0 Å². The van der Waals surface area contributed by atoms with E-state index in [2.05, 4.69) is 45.4 Å². The molecule has 1 unspecified atom stereocenters. The summed E-state index contributed by atoms with van der Waals surface area (Å²) in [5.41, 5.74) is 3.88. The highest BCUT2D eigenvalue weighted by atomic mass is 35.5. The van der Waals surface area contributed by atoms with Crippen LogP contribution in [0.2, 0.25) is 5.02 Å². The quantitative estimate of drug-likeness (QED) is 0.422. The zero-order chi connectivity index (χ0) is 25.6. The molecule has 37 heavy (non-hydrogen) atoms. The van der Waals surface area contributed by atoms with Gasteiger partial charge in [0.15, 0.2) is 5.82 Å². The van der Waals surface area contributed by atoms with E-state index < -0.39 is 0 Å². The van der Waals surface area contributed by atoms with Crippen molar-refractivity contribution in [1.82, 2.24) is 34.8 Å². The van der Waals surface area contributed by atoms with Crippen LogP contribution in [0.3, 0.4) is 0 Å². The number of hydrogen-bond acceptors (Lipinski definition) is 5. The average molecular weight is 516 g/mol. The molecule has 2 aliphatic heterocycles. The Morgan fingerprint density at radius 2 is 1.95 bits per heavy atom. The fourth-order valence-electron chi connectivity index (χ4n) is 5.83. The van der Waals surface area contributed by atoms with Crippen molar-refractivity contribution in [2.45, 2.75) is 25.8 Å². The van der Waals surface area contributed by atoms with Gasteiger partial charge in [-0.05, 0) is 36.7 Å². The van der Waals surface area contributed by atoms with Crippen LogP contribution in [0, 0.1) is 12.3 Å². The highest BCUT2D eigenvalue weighted by Gasteiger charge is 2.56. The lowest BCUT2D eigenvalue weighted by molar-refractivity contribution is 0.0162. The minimum atomic E-state index is -0.0307. The SMILES string of the molecule is Cc1ccc(Cc2nc(C3CN(C(=O)c4cnn(Cc5ccccc5)c4)CC34CN(C)C4)n[nH]2)cc1Cl. The summed E-state index contributed by atoms with van der Waals surface area (Å²) >= 11 is 6.31. The molecule has 2 aromatic carbocycles. The third-order valence-electron chi connectivity index (χ3n) is 7.64. The molecule has 1 amide bonds. The summed E-state index contributed by atoms with van der Waals surface area (Å²) in [4.78, 5) is 22.6. The molecule has 4 aromatic rings. The van der Waals surface area contributed by atoms with E-state index in [9.17, 15) is 4.79 Å². The van der Waals surface area contributed by atoms with Crippen LogP contribution in [0.5, 0.6) is 0 Å². The number of halogens is 1. The van der Waals surface area contributed by atoms with E-state index in [1.807, 2.05) is 53.0 Å². The van der Waals surface area contributed by atoms with Gasteiger partial charge in [0.25, 0.3) is 5.91 Å². The molecule has 4 heterocycles. The molecular formula is C28H30ClN7O. The average Bonchev–Trinajstić information content (AvgIpc) is 3.61. The smallest absolute Gasteiger partial charge is 0.257 e. The number of nitrogens with zero attached hydrogens (tertiary/aromatic N) is 6. The fraction of sp³-hybridized carbons (Fsp3) is 0.357. The second-order valence-corrected chi connectivity index (χ2v) is 11.0. The largest absolute Gasteiger partial charge is 0.337 e. The first kappa shape index (κ1) is 23.9. The van der Waals surface area contributed by atoms with Gasteiger partial charge >= 0.3 is 0 Å². The van der Waals surface area contributed by atoms with Crippen molar-refractivity contribution in [3.63, 3.8) is 0 Å². The Labute approximate surface area is 221 Å². The molecule has 1 atom stereocenters. The van der Waals surface area contributed by atoms with Gasteiger partial charge in [0, 0.05) is 55.2 Å². The Balaban J connectivity index is 1.18. The number of likely N-dealkylation sites (tertiary alicyclic amines) is 2. The Hall–Kier alpha value is -3.49. The maximum atomic E-state index is 13.5. The van der Waals surface area contributed by atoms with E-state index in [0.717, 1.165) is 46.5 Å². The molecular weight excluding hydrogens is 486 g/mol. The number of carbonyl (C=O) groups is 1. The number of rotatable bonds is 6. The number of nitrogens with one attached hydrogen (secondary N) is 1. The van der Waals surface area contributed by atoms with Crippen LogP contribution in [0.4, 0.5) is 0 Å². The lowest BCUT2D eigenvalue weighted by atomic mass is 9.71. The van der Waals surface area contributed by atoms with Gasteiger partial charge in [-0.3, -0.25) is 14.6 Å². The van der Waals surface area contributed by atoms with Crippen LogP contribution in [0.25, 0.3) is 0 Å². The lowest BCUT2D eigenvalue weighted by Gasteiger charge is -2.48. The number of aromatic amines is 1. The van der Waals surface area contributed by atoms with Gasteiger partial charge < -0.3 is 9.80 Å². The summed E-state index contributed by atoms with van der Waals surface area (Å²) in [6, 6.07) is 16.2. The molecule has 2 aromatic heterocycles. The maximum Gasteiger partial charge on any atom is 0.257 e. The molecule has 6 rings (SSSR count). The van der Waals surface area contributed by atoms with Crippen molar-refractivity contribution in [3.05, 3.63) is 99.8 Å². The van der Waals surface area contributed by atoms with Crippen molar-refractivity contribution < 1.29 is 4.79 Å². The van der Waals surface area contributed by atoms with Gasteiger partial charge in [0.05, 0.1) is 18.3 Å². The second-order valence-electron chi connectivity index (χ2n) is 10.6. The monoisotopic (exact) mass is 515 g/mol. The van der Waals surface area contributed by atoms with Gasteiger partial charge in [0.2, 0.25) is 0 Å². The molecule has 8 nitrogen and oxygen atoms in total. The number of hydrogen-bond donors (Lipinski definition) is 1. The van der Waals surface area contributed by atoms with E-state index in [1.54, 1.807) is 6.20 Å². The summed E-state index contributed by atoms with van der Waals surface area (Å²) in [6.07, 6.45) is 4.16. The molecule has 1 N–H and O–H groups in total. The fourth-order valence-corrected chi connectivity index (χ4v) is 6.03. The van der Waals surface area contributed by atoms with Crippen molar-refractivity contribution in [3.8, 4) is 0 Å². The van der Waals surface area contributed by atoms with Crippen LogP contribution in [-0.4, -0.2) is 73.9 Å². The van der Waals surface area contributed by atoms with Gasteiger partial charge in [-0.25, -0.2) is 4.98 Å². The van der Waals surface area contributed by atoms with Crippen LogP contribution in [0.15, 0.2) is 60.9 Å². The van der Waals surface area contributed by atoms with Crippen LogP contribution >= 0.6 is 11.6 Å². The minimum absolute atomic E-state index is 0.0146. The summed E-state index contributed by atoms with van der Waals surface area (Å²) < 4.78 is 1.82. The topological polar surface area (TPSA) is 82.9 Å². The van der Waals surface area contributed by atoms with Gasteiger partial charge in [0.1, 0.15) is 5.82 Å². The molecule has 190 valence electrons. The van der Waals surface area contributed by atoms with E-state index in [-0.39, 0.29) is 17.2 Å². The first-order valence-corrected chi connectivity index (χ1v) is 13.0.